The molecule has 0 aliphatic carbocycles. The lowest BCUT2D eigenvalue weighted by atomic mass is 9.95. The van der Waals surface area contributed by atoms with Gasteiger partial charge in [-0.05, 0) is 46.1 Å². The Hall–Kier alpha value is -0.770. The van der Waals surface area contributed by atoms with Crippen LogP contribution in [0.1, 0.15) is 33.6 Å². The molecule has 0 saturated carbocycles. The van der Waals surface area contributed by atoms with Crippen molar-refractivity contribution >= 4 is 6.09 Å². The summed E-state index contributed by atoms with van der Waals surface area (Å²) in [6.45, 7) is 8.55. The van der Waals surface area contributed by atoms with Crippen LogP contribution in [0.15, 0.2) is 0 Å². The van der Waals surface area contributed by atoms with E-state index in [0.29, 0.717) is 12.0 Å². The van der Waals surface area contributed by atoms with Gasteiger partial charge in [0, 0.05) is 19.1 Å². The van der Waals surface area contributed by atoms with Gasteiger partial charge in [0.25, 0.3) is 0 Å². The van der Waals surface area contributed by atoms with Crippen LogP contribution in [0.2, 0.25) is 0 Å². The number of amides is 1. The lowest BCUT2D eigenvalue weighted by Gasteiger charge is -2.37. The predicted molar refractivity (Wildman–Crippen MR) is 62.3 cm³/mol. The molecule has 4 heteroatoms. The molecule has 2 bridgehead atoms. The van der Waals surface area contributed by atoms with Crippen molar-refractivity contribution in [3.05, 3.63) is 0 Å². The van der Waals surface area contributed by atoms with Gasteiger partial charge < -0.3 is 15.0 Å². The normalized spacial score (nSPS) is 30.1. The van der Waals surface area contributed by atoms with Gasteiger partial charge in [0.05, 0.1) is 0 Å². The van der Waals surface area contributed by atoms with Crippen LogP contribution in [-0.4, -0.2) is 42.3 Å². The number of nitrogens with zero attached hydrogens (tertiary/aromatic N) is 1. The predicted octanol–water partition coefficient (Wildman–Crippen LogP) is 1.61. The lowest BCUT2D eigenvalue weighted by Crippen LogP contribution is -2.49. The van der Waals surface area contributed by atoms with Crippen LogP contribution in [0, 0.1) is 5.92 Å². The Morgan fingerprint density at radius 2 is 2.06 bits per heavy atom. The highest BCUT2D eigenvalue weighted by Crippen LogP contribution is 2.25. The Bertz CT molecular complexity index is 269. The van der Waals surface area contributed by atoms with E-state index < -0.39 is 5.60 Å². The van der Waals surface area contributed by atoms with Crippen LogP contribution >= 0.6 is 0 Å². The molecule has 0 radical (unpaired) electrons. The minimum Gasteiger partial charge on any atom is -0.444 e. The van der Waals surface area contributed by atoms with E-state index in [9.17, 15) is 4.79 Å². The van der Waals surface area contributed by atoms with Crippen LogP contribution in [-0.2, 0) is 4.74 Å². The molecule has 3 fully saturated rings. The largest absolute Gasteiger partial charge is 0.444 e. The second-order valence-electron chi connectivity index (χ2n) is 5.89. The molecule has 0 aromatic rings. The van der Waals surface area contributed by atoms with E-state index in [1.807, 2.05) is 25.7 Å². The highest BCUT2D eigenvalue weighted by atomic mass is 16.6. The fraction of sp³-hybridized carbons (Fsp3) is 0.917. The molecule has 0 aromatic carbocycles. The van der Waals surface area contributed by atoms with Gasteiger partial charge in [-0.2, -0.15) is 0 Å². The number of nitrogens with one attached hydrogen (secondary N) is 1. The van der Waals surface area contributed by atoms with Crippen LogP contribution < -0.4 is 5.32 Å². The van der Waals surface area contributed by atoms with Crippen LogP contribution in [0.3, 0.4) is 0 Å². The van der Waals surface area contributed by atoms with E-state index in [1.165, 1.54) is 6.42 Å². The van der Waals surface area contributed by atoms with Crippen molar-refractivity contribution in [1.29, 1.82) is 0 Å². The van der Waals surface area contributed by atoms with Gasteiger partial charge in [-0.25, -0.2) is 4.79 Å². The summed E-state index contributed by atoms with van der Waals surface area (Å²) in [6, 6.07) is 0.327. The highest BCUT2D eigenvalue weighted by molar-refractivity contribution is 5.68. The van der Waals surface area contributed by atoms with Crippen molar-refractivity contribution < 1.29 is 9.53 Å². The third-order valence-corrected chi connectivity index (χ3v) is 3.24. The molecule has 92 valence electrons. The molecule has 3 heterocycles. The second-order valence-corrected chi connectivity index (χ2v) is 5.89. The smallest absolute Gasteiger partial charge is 0.410 e. The second kappa shape index (κ2) is 4.24. The Kier molecular flexibility index (Phi) is 3.10. The Morgan fingerprint density at radius 3 is 2.75 bits per heavy atom. The molecule has 1 N–H and O–H groups in total. The van der Waals surface area contributed by atoms with Crippen molar-refractivity contribution in [2.24, 2.45) is 5.92 Å². The number of carbonyl (C=O) groups is 1. The maximum absolute atomic E-state index is 12.0. The van der Waals surface area contributed by atoms with Gasteiger partial charge >= 0.3 is 6.09 Å². The Morgan fingerprint density at radius 1 is 1.31 bits per heavy atom. The summed E-state index contributed by atoms with van der Waals surface area (Å²) < 4.78 is 5.44. The first kappa shape index (κ1) is 11.7. The number of hydrogen-bond acceptors (Lipinski definition) is 3. The summed E-state index contributed by atoms with van der Waals surface area (Å²) in [6.07, 6.45) is 2.19. The van der Waals surface area contributed by atoms with Crippen LogP contribution in [0.5, 0.6) is 0 Å². The van der Waals surface area contributed by atoms with E-state index in [0.717, 1.165) is 26.1 Å². The Labute approximate surface area is 97.3 Å². The van der Waals surface area contributed by atoms with Gasteiger partial charge in [0.15, 0.2) is 0 Å². The molecule has 3 rings (SSSR count). The van der Waals surface area contributed by atoms with Crippen molar-refractivity contribution in [1.82, 2.24) is 10.2 Å². The summed E-state index contributed by atoms with van der Waals surface area (Å²) >= 11 is 0. The van der Waals surface area contributed by atoms with Crippen molar-refractivity contribution in [2.45, 2.75) is 45.3 Å². The van der Waals surface area contributed by atoms with E-state index in [4.69, 9.17) is 4.74 Å². The van der Waals surface area contributed by atoms with Gasteiger partial charge in [0.2, 0.25) is 0 Å². The first-order valence-electron chi connectivity index (χ1n) is 6.16. The molecule has 3 saturated heterocycles. The zero-order valence-electron chi connectivity index (χ0n) is 10.5. The van der Waals surface area contributed by atoms with Gasteiger partial charge in [-0.15, -0.1) is 0 Å². The lowest BCUT2D eigenvalue weighted by molar-refractivity contribution is 0.00801. The maximum atomic E-state index is 12.0. The van der Waals surface area contributed by atoms with Crippen molar-refractivity contribution in [3.8, 4) is 0 Å². The summed E-state index contributed by atoms with van der Waals surface area (Å²) in [4.78, 5) is 13.9. The van der Waals surface area contributed by atoms with E-state index in [2.05, 4.69) is 5.32 Å². The molecule has 3 aliphatic rings. The van der Waals surface area contributed by atoms with E-state index in [-0.39, 0.29) is 6.09 Å². The van der Waals surface area contributed by atoms with Crippen LogP contribution in [0.25, 0.3) is 0 Å². The molecular weight excluding hydrogens is 204 g/mol. The zero-order chi connectivity index (χ0) is 11.8. The van der Waals surface area contributed by atoms with Crippen molar-refractivity contribution in [2.75, 3.05) is 19.6 Å². The van der Waals surface area contributed by atoms with Gasteiger partial charge in [0.1, 0.15) is 5.60 Å². The molecule has 2 atom stereocenters. The first-order chi connectivity index (χ1) is 7.46. The number of rotatable bonds is 0. The molecule has 1 amide bonds. The van der Waals surface area contributed by atoms with Gasteiger partial charge in [-0.1, -0.05) is 0 Å². The average Bonchev–Trinajstić information content (AvgIpc) is 2.48. The number of carbonyl (C=O) groups excluding carboxylic acids is 1. The summed E-state index contributed by atoms with van der Waals surface area (Å²) in [7, 11) is 0. The fourth-order valence-corrected chi connectivity index (χ4v) is 2.48. The third kappa shape index (κ3) is 2.67. The van der Waals surface area contributed by atoms with Gasteiger partial charge in [-0.3, -0.25) is 0 Å². The number of fused-ring (bicyclic) bond motifs is 4. The van der Waals surface area contributed by atoms with Crippen molar-refractivity contribution in [3.63, 3.8) is 0 Å². The monoisotopic (exact) mass is 226 g/mol. The third-order valence-electron chi connectivity index (χ3n) is 3.24. The van der Waals surface area contributed by atoms with E-state index >= 15 is 0 Å². The SMILES string of the molecule is CC(C)(C)OC(=O)N1CC2CCC1CNC2. The number of piperidine rings is 1. The molecule has 0 aromatic heterocycles. The minimum atomic E-state index is -0.393. The molecule has 3 aliphatic heterocycles. The molecule has 2 unspecified atom stereocenters. The quantitative estimate of drug-likeness (QED) is 0.682. The Balaban J connectivity index is 2.01. The number of ether oxygens (including phenoxy) is 1. The average molecular weight is 226 g/mol. The summed E-state index contributed by atoms with van der Waals surface area (Å²) in [5.74, 6) is 0.603. The zero-order valence-corrected chi connectivity index (χ0v) is 10.5. The minimum absolute atomic E-state index is 0.147. The molecular formula is C12H22N2O2. The standard InChI is InChI=1S/C12H22N2O2/c1-12(2,3)16-11(15)14-8-9-4-5-10(14)7-13-6-9/h9-10,13H,4-8H2,1-3H3. The topological polar surface area (TPSA) is 41.6 Å². The highest BCUT2D eigenvalue weighted by Gasteiger charge is 2.36. The molecule has 0 spiro atoms. The molecule has 4 nitrogen and oxygen atoms in total. The summed E-state index contributed by atoms with van der Waals surface area (Å²) in [5, 5.41) is 3.41. The van der Waals surface area contributed by atoms with Crippen LogP contribution in [0.4, 0.5) is 4.79 Å². The number of hydrogen-bond donors (Lipinski definition) is 1. The summed E-state index contributed by atoms with van der Waals surface area (Å²) in [5.41, 5.74) is -0.393. The van der Waals surface area contributed by atoms with E-state index in [1.54, 1.807) is 0 Å². The first-order valence-corrected chi connectivity index (χ1v) is 6.16. The molecule has 16 heavy (non-hydrogen) atoms. The maximum Gasteiger partial charge on any atom is 0.410 e. The fourth-order valence-electron chi connectivity index (χ4n) is 2.48.